The highest BCUT2D eigenvalue weighted by atomic mass is 35.5. The van der Waals surface area contributed by atoms with E-state index in [4.69, 9.17) is 28.9 Å². The molecule has 4 nitrogen and oxygen atoms in total. The summed E-state index contributed by atoms with van der Waals surface area (Å²) in [5.41, 5.74) is 5.95. The minimum absolute atomic E-state index is 0.254. The predicted octanol–water partition coefficient (Wildman–Crippen LogP) is 1.93. The quantitative estimate of drug-likeness (QED) is 0.840. The first-order valence-electron chi connectivity index (χ1n) is 4.11. The van der Waals surface area contributed by atoms with Crippen molar-refractivity contribution in [1.29, 1.82) is 0 Å². The molecule has 0 unspecified atom stereocenters. The van der Waals surface area contributed by atoms with Crippen molar-refractivity contribution in [2.45, 2.75) is 19.4 Å². The summed E-state index contributed by atoms with van der Waals surface area (Å²) in [5, 5.41) is 11.0. The minimum Gasteiger partial charge on any atom is -0.376 e. The molecule has 0 aliphatic carbocycles. The van der Waals surface area contributed by atoms with E-state index in [0.29, 0.717) is 17.4 Å². The van der Waals surface area contributed by atoms with Gasteiger partial charge in [-0.1, -0.05) is 23.2 Å². The summed E-state index contributed by atoms with van der Waals surface area (Å²) >= 11 is 11.5. The molecule has 0 aliphatic rings. The van der Waals surface area contributed by atoms with Crippen molar-refractivity contribution < 1.29 is 0 Å². The fourth-order valence-electron chi connectivity index (χ4n) is 0.856. The van der Waals surface area contributed by atoms with Crippen molar-refractivity contribution in [2.75, 3.05) is 11.9 Å². The molecule has 0 aromatic carbocycles. The van der Waals surface area contributed by atoms with Gasteiger partial charge in [-0.15, -0.1) is 10.2 Å². The monoisotopic (exact) mass is 234 g/mol. The summed E-state index contributed by atoms with van der Waals surface area (Å²) in [6, 6.07) is 1.62. The number of hydrogen-bond acceptors (Lipinski definition) is 4. The maximum Gasteiger partial charge on any atom is 0.174 e. The molecule has 0 amide bonds. The van der Waals surface area contributed by atoms with Crippen LogP contribution in [0.25, 0.3) is 0 Å². The number of nitrogens with two attached hydrogens (primary N) is 1. The lowest BCUT2D eigenvalue weighted by Gasteiger charge is -2.25. The lowest BCUT2D eigenvalue weighted by atomic mass is 10.1. The van der Waals surface area contributed by atoms with E-state index in [2.05, 4.69) is 15.5 Å². The van der Waals surface area contributed by atoms with Gasteiger partial charge in [0.15, 0.2) is 10.3 Å². The number of halogens is 2. The molecule has 6 heteroatoms. The summed E-state index contributed by atoms with van der Waals surface area (Å²) < 4.78 is 0. The van der Waals surface area contributed by atoms with Gasteiger partial charge >= 0.3 is 0 Å². The molecular formula is C8H12Cl2N4. The fourth-order valence-corrected chi connectivity index (χ4v) is 1.14. The van der Waals surface area contributed by atoms with Gasteiger partial charge in [0.1, 0.15) is 0 Å². The van der Waals surface area contributed by atoms with E-state index < -0.39 is 0 Å². The first-order valence-corrected chi connectivity index (χ1v) is 4.87. The molecule has 1 rings (SSSR count). The first-order chi connectivity index (χ1) is 6.44. The Kier molecular flexibility index (Phi) is 3.53. The predicted molar refractivity (Wildman–Crippen MR) is 58.8 cm³/mol. The van der Waals surface area contributed by atoms with E-state index in [1.165, 1.54) is 0 Å². The maximum absolute atomic E-state index is 5.82. The Balaban J connectivity index is 2.91. The molecule has 14 heavy (non-hydrogen) atoms. The highest BCUT2D eigenvalue weighted by molar-refractivity contribution is 6.33. The molecule has 0 saturated carbocycles. The van der Waals surface area contributed by atoms with Crippen LogP contribution in [-0.2, 0) is 0 Å². The smallest absolute Gasteiger partial charge is 0.174 e. The van der Waals surface area contributed by atoms with Gasteiger partial charge in [0, 0.05) is 18.2 Å². The third kappa shape index (κ3) is 2.97. The Morgan fingerprint density at radius 2 is 2.07 bits per heavy atom. The average molecular weight is 235 g/mol. The molecule has 1 aromatic rings. The SMILES string of the molecule is CC(C)(CN)Nc1cc(Cl)nnc1Cl. The van der Waals surface area contributed by atoms with Crippen LogP contribution in [-0.4, -0.2) is 22.3 Å². The molecule has 0 bridgehead atoms. The second kappa shape index (κ2) is 4.29. The van der Waals surface area contributed by atoms with Crippen LogP contribution >= 0.6 is 23.2 Å². The van der Waals surface area contributed by atoms with Gasteiger partial charge in [-0.2, -0.15) is 0 Å². The fraction of sp³-hybridized carbons (Fsp3) is 0.500. The molecule has 0 spiro atoms. The maximum atomic E-state index is 5.82. The summed E-state index contributed by atoms with van der Waals surface area (Å²) in [4.78, 5) is 0. The van der Waals surface area contributed by atoms with E-state index in [1.807, 2.05) is 13.8 Å². The highest BCUT2D eigenvalue weighted by Crippen LogP contribution is 2.23. The second-order valence-corrected chi connectivity index (χ2v) is 4.33. The van der Waals surface area contributed by atoms with Crippen LogP contribution in [0.3, 0.4) is 0 Å². The number of anilines is 1. The molecule has 78 valence electrons. The molecule has 0 aliphatic heterocycles. The number of aromatic nitrogens is 2. The average Bonchev–Trinajstić information content (AvgIpc) is 2.11. The Labute approximate surface area is 92.8 Å². The summed E-state index contributed by atoms with van der Waals surface area (Å²) in [6.45, 7) is 4.39. The van der Waals surface area contributed by atoms with Crippen LogP contribution in [0.1, 0.15) is 13.8 Å². The Morgan fingerprint density at radius 1 is 1.43 bits per heavy atom. The zero-order valence-electron chi connectivity index (χ0n) is 8.01. The van der Waals surface area contributed by atoms with Crippen LogP contribution in [0.4, 0.5) is 5.69 Å². The Bertz CT molecular complexity index is 327. The first kappa shape index (κ1) is 11.5. The summed E-state index contributed by atoms with van der Waals surface area (Å²) in [6.07, 6.45) is 0. The van der Waals surface area contributed by atoms with Gasteiger partial charge in [-0.25, -0.2) is 0 Å². The number of rotatable bonds is 3. The van der Waals surface area contributed by atoms with Crippen LogP contribution in [0.2, 0.25) is 10.3 Å². The van der Waals surface area contributed by atoms with E-state index in [-0.39, 0.29) is 10.7 Å². The van der Waals surface area contributed by atoms with E-state index in [9.17, 15) is 0 Å². The third-order valence-electron chi connectivity index (χ3n) is 1.70. The molecule has 0 fully saturated rings. The second-order valence-electron chi connectivity index (χ2n) is 3.58. The zero-order valence-corrected chi connectivity index (χ0v) is 9.52. The lowest BCUT2D eigenvalue weighted by Crippen LogP contribution is -2.39. The van der Waals surface area contributed by atoms with E-state index in [1.54, 1.807) is 6.07 Å². The van der Waals surface area contributed by atoms with Gasteiger partial charge in [0.25, 0.3) is 0 Å². The van der Waals surface area contributed by atoms with Crippen molar-refractivity contribution in [3.05, 3.63) is 16.4 Å². The summed E-state index contributed by atoms with van der Waals surface area (Å²) in [5.74, 6) is 0. The van der Waals surface area contributed by atoms with Gasteiger partial charge in [-0.3, -0.25) is 0 Å². The summed E-state index contributed by atoms with van der Waals surface area (Å²) in [7, 11) is 0. The van der Waals surface area contributed by atoms with Gasteiger partial charge in [0.05, 0.1) is 5.69 Å². The van der Waals surface area contributed by atoms with Gasteiger partial charge < -0.3 is 11.1 Å². The largest absolute Gasteiger partial charge is 0.376 e. The molecule has 3 N–H and O–H groups in total. The Morgan fingerprint density at radius 3 is 2.64 bits per heavy atom. The highest BCUT2D eigenvalue weighted by Gasteiger charge is 2.17. The van der Waals surface area contributed by atoms with Crippen LogP contribution < -0.4 is 11.1 Å². The van der Waals surface area contributed by atoms with Crippen LogP contribution in [0.5, 0.6) is 0 Å². The van der Waals surface area contributed by atoms with E-state index in [0.717, 1.165) is 0 Å². The number of nitrogens with one attached hydrogen (secondary N) is 1. The van der Waals surface area contributed by atoms with Crippen LogP contribution in [0, 0.1) is 0 Å². The van der Waals surface area contributed by atoms with Crippen molar-refractivity contribution in [1.82, 2.24) is 10.2 Å². The molecule has 0 atom stereocenters. The van der Waals surface area contributed by atoms with Gasteiger partial charge in [0.2, 0.25) is 0 Å². The Hall–Kier alpha value is -0.580. The molecule has 0 saturated heterocycles. The third-order valence-corrected chi connectivity index (χ3v) is 2.17. The standard InChI is InChI=1S/C8H12Cl2N4/c1-8(2,4-11)12-5-3-6(9)13-14-7(5)10/h3H,4,11H2,1-2H3,(H,12,13). The van der Waals surface area contributed by atoms with Crippen molar-refractivity contribution in [3.63, 3.8) is 0 Å². The topological polar surface area (TPSA) is 63.8 Å². The number of hydrogen-bond donors (Lipinski definition) is 2. The zero-order chi connectivity index (χ0) is 10.8. The van der Waals surface area contributed by atoms with Crippen molar-refractivity contribution in [3.8, 4) is 0 Å². The van der Waals surface area contributed by atoms with Crippen molar-refractivity contribution in [2.24, 2.45) is 5.73 Å². The van der Waals surface area contributed by atoms with Crippen molar-refractivity contribution >= 4 is 28.9 Å². The van der Waals surface area contributed by atoms with Gasteiger partial charge in [-0.05, 0) is 13.8 Å². The normalized spacial score (nSPS) is 11.5. The molecule has 1 heterocycles. The molecular weight excluding hydrogens is 223 g/mol. The molecule has 1 aromatic heterocycles. The minimum atomic E-state index is -0.254. The van der Waals surface area contributed by atoms with Crippen LogP contribution in [0.15, 0.2) is 6.07 Å². The molecule has 0 radical (unpaired) electrons. The number of nitrogens with zero attached hydrogens (tertiary/aromatic N) is 2. The lowest BCUT2D eigenvalue weighted by molar-refractivity contribution is 0.579. The van der Waals surface area contributed by atoms with E-state index >= 15 is 0 Å².